The maximum Gasteiger partial charge on any atom is 0.422 e. The van der Waals surface area contributed by atoms with E-state index in [1.807, 2.05) is 0 Å². The standard InChI is InChI=1S/C28H28F4N2O4/c1-16-12-17(4-6-20(16)29)21-14-19(26(2,3)33)15-25(34-21)27(36,28(30,31)32)9-8-22(35)18-5-7-23-24(13-18)38-11-10-37-23/h4-7,12-15,36H,8-11,33H2,1-3H3. The number of nitrogens with zero attached hydrogens (tertiary/aromatic N) is 1. The molecule has 1 aliphatic heterocycles. The molecule has 3 N–H and O–H groups in total. The second kappa shape index (κ2) is 9.99. The van der Waals surface area contributed by atoms with E-state index in [1.165, 1.54) is 49.4 Å². The molecule has 0 aliphatic carbocycles. The van der Waals surface area contributed by atoms with Crippen molar-refractivity contribution >= 4 is 5.78 Å². The Morgan fingerprint density at radius 1 is 1.03 bits per heavy atom. The second-order valence-corrected chi connectivity index (χ2v) is 9.95. The second-order valence-electron chi connectivity index (χ2n) is 9.95. The number of ketones is 1. The number of fused-ring (bicyclic) bond motifs is 1. The van der Waals surface area contributed by atoms with E-state index in [2.05, 4.69) is 4.98 Å². The van der Waals surface area contributed by atoms with Crippen LogP contribution in [0.3, 0.4) is 0 Å². The molecule has 1 unspecified atom stereocenters. The van der Waals surface area contributed by atoms with E-state index < -0.39 is 47.5 Å². The lowest BCUT2D eigenvalue weighted by Crippen LogP contribution is -2.44. The van der Waals surface area contributed by atoms with Crippen molar-refractivity contribution in [2.75, 3.05) is 13.2 Å². The van der Waals surface area contributed by atoms with Gasteiger partial charge in [0.25, 0.3) is 0 Å². The number of rotatable bonds is 7. The number of nitrogens with two attached hydrogens (primary N) is 1. The molecule has 2 heterocycles. The SMILES string of the molecule is Cc1cc(-c2cc(C(C)(C)N)cc(C(O)(CCC(=O)c3ccc4c(c3)OCCO4)C(F)(F)F)n2)ccc1F. The molecule has 10 heteroatoms. The Morgan fingerprint density at radius 3 is 2.34 bits per heavy atom. The van der Waals surface area contributed by atoms with Crippen LogP contribution in [0.25, 0.3) is 11.3 Å². The predicted molar refractivity (Wildman–Crippen MR) is 133 cm³/mol. The minimum atomic E-state index is -5.17. The molecule has 2 aromatic carbocycles. The van der Waals surface area contributed by atoms with E-state index >= 15 is 0 Å². The van der Waals surface area contributed by atoms with Crippen LogP contribution in [0.1, 0.15) is 53.9 Å². The van der Waals surface area contributed by atoms with E-state index in [1.54, 1.807) is 13.8 Å². The number of aryl methyl sites for hydroxylation is 1. The summed E-state index contributed by atoms with van der Waals surface area (Å²) in [5, 5.41) is 11.1. The van der Waals surface area contributed by atoms with Crippen LogP contribution < -0.4 is 15.2 Å². The molecule has 0 radical (unpaired) electrons. The molecular weight excluding hydrogens is 504 g/mol. The number of benzene rings is 2. The van der Waals surface area contributed by atoms with Crippen LogP contribution in [0.2, 0.25) is 0 Å². The Bertz CT molecular complexity index is 1370. The first kappa shape index (κ1) is 27.5. The molecule has 4 rings (SSSR count). The molecule has 0 fully saturated rings. The third kappa shape index (κ3) is 5.51. The summed E-state index contributed by atoms with van der Waals surface area (Å²) >= 11 is 0. The quantitative estimate of drug-likeness (QED) is 0.305. The zero-order chi connectivity index (χ0) is 27.9. The molecular formula is C28H28F4N2O4. The van der Waals surface area contributed by atoms with Crippen molar-refractivity contribution < 1.29 is 36.9 Å². The highest BCUT2D eigenvalue weighted by Gasteiger charge is 2.56. The highest BCUT2D eigenvalue weighted by atomic mass is 19.4. The Kier molecular flexibility index (Phi) is 7.24. The van der Waals surface area contributed by atoms with Gasteiger partial charge in [0.15, 0.2) is 17.3 Å². The van der Waals surface area contributed by atoms with Crippen LogP contribution in [0.5, 0.6) is 11.5 Å². The van der Waals surface area contributed by atoms with Crippen molar-refractivity contribution in [3.8, 4) is 22.8 Å². The predicted octanol–water partition coefficient (Wildman–Crippen LogP) is 5.57. The molecule has 0 spiro atoms. The van der Waals surface area contributed by atoms with Crippen LogP contribution >= 0.6 is 0 Å². The van der Waals surface area contributed by atoms with Gasteiger partial charge >= 0.3 is 6.18 Å². The van der Waals surface area contributed by atoms with E-state index in [0.29, 0.717) is 23.7 Å². The van der Waals surface area contributed by atoms with Crippen LogP contribution in [0.4, 0.5) is 17.6 Å². The molecule has 0 saturated heterocycles. The number of hydrogen-bond donors (Lipinski definition) is 2. The molecule has 202 valence electrons. The fourth-order valence-corrected chi connectivity index (χ4v) is 4.14. The lowest BCUT2D eigenvalue weighted by atomic mass is 9.86. The first-order chi connectivity index (χ1) is 17.7. The Labute approximate surface area is 217 Å². The van der Waals surface area contributed by atoms with Crippen LogP contribution in [0, 0.1) is 12.7 Å². The number of ether oxygens (including phenoxy) is 2. The van der Waals surface area contributed by atoms with Crippen molar-refractivity contribution in [3.05, 3.63) is 76.7 Å². The minimum absolute atomic E-state index is 0.0833. The van der Waals surface area contributed by atoms with Gasteiger partial charge in [0.1, 0.15) is 19.0 Å². The Balaban J connectivity index is 1.72. The smallest absolute Gasteiger partial charge is 0.422 e. The molecule has 3 aromatic rings. The van der Waals surface area contributed by atoms with Crippen molar-refractivity contribution in [2.24, 2.45) is 5.73 Å². The van der Waals surface area contributed by atoms with Gasteiger partial charge in [-0.1, -0.05) is 0 Å². The minimum Gasteiger partial charge on any atom is -0.486 e. The zero-order valence-corrected chi connectivity index (χ0v) is 21.2. The van der Waals surface area contributed by atoms with Crippen LogP contribution in [-0.4, -0.2) is 35.3 Å². The average molecular weight is 533 g/mol. The largest absolute Gasteiger partial charge is 0.486 e. The van der Waals surface area contributed by atoms with Gasteiger partial charge in [-0.2, -0.15) is 13.2 Å². The number of alkyl halides is 3. The van der Waals surface area contributed by atoms with Crippen molar-refractivity contribution in [2.45, 2.75) is 50.9 Å². The van der Waals surface area contributed by atoms with Gasteiger partial charge in [-0.3, -0.25) is 4.79 Å². The van der Waals surface area contributed by atoms with Gasteiger partial charge in [0, 0.05) is 23.1 Å². The zero-order valence-electron chi connectivity index (χ0n) is 21.2. The summed E-state index contributed by atoms with van der Waals surface area (Å²) in [5.41, 5.74) is 2.08. The van der Waals surface area contributed by atoms with E-state index in [0.717, 1.165) is 6.07 Å². The monoisotopic (exact) mass is 532 g/mol. The van der Waals surface area contributed by atoms with Gasteiger partial charge in [0.2, 0.25) is 5.60 Å². The lowest BCUT2D eigenvalue weighted by molar-refractivity contribution is -0.270. The number of carbonyl (C=O) groups excluding carboxylic acids is 1. The molecule has 0 amide bonds. The van der Waals surface area contributed by atoms with Gasteiger partial charge in [0.05, 0.1) is 11.4 Å². The first-order valence-electron chi connectivity index (χ1n) is 12.0. The number of aromatic nitrogens is 1. The number of pyridine rings is 1. The van der Waals surface area contributed by atoms with Gasteiger partial charge < -0.3 is 20.3 Å². The molecule has 1 aromatic heterocycles. The fourth-order valence-electron chi connectivity index (χ4n) is 4.14. The van der Waals surface area contributed by atoms with Crippen LogP contribution in [0.15, 0.2) is 48.5 Å². The number of carbonyl (C=O) groups is 1. The lowest BCUT2D eigenvalue weighted by Gasteiger charge is -2.32. The summed E-state index contributed by atoms with van der Waals surface area (Å²) < 4.78 is 68.0. The molecule has 0 saturated carbocycles. The average Bonchev–Trinajstić information content (AvgIpc) is 2.86. The summed E-state index contributed by atoms with van der Waals surface area (Å²) in [4.78, 5) is 17.0. The highest BCUT2D eigenvalue weighted by Crippen LogP contribution is 2.43. The number of hydrogen-bond acceptors (Lipinski definition) is 6. The van der Waals surface area contributed by atoms with Crippen molar-refractivity contribution in [3.63, 3.8) is 0 Å². The molecule has 1 aliphatic rings. The Hall–Kier alpha value is -3.50. The van der Waals surface area contributed by atoms with Gasteiger partial charge in [-0.25, -0.2) is 9.37 Å². The topological polar surface area (TPSA) is 94.7 Å². The molecule has 0 bridgehead atoms. The van der Waals surface area contributed by atoms with Gasteiger partial charge in [-0.05, 0) is 86.8 Å². The summed E-state index contributed by atoms with van der Waals surface area (Å²) in [5.74, 6) is -0.330. The van der Waals surface area contributed by atoms with E-state index in [4.69, 9.17) is 15.2 Å². The first-order valence-corrected chi connectivity index (χ1v) is 12.0. The fraction of sp³-hybridized carbons (Fsp3) is 0.357. The van der Waals surface area contributed by atoms with Crippen molar-refractivity contribution in [1.82, 2.24) is 4.98 Å². The molecule has 1 atom stereocenters. The van der Waals surface area contributed by atoms with Gasteiger partial charge in [-0.15, -0.1) is 0 Å². The number of Topliss-reactive ketones (excluding diaryl/α,β-unsaturated/α-hetero) is 1. The van der Waals surface area contributed by atoms with E-state index in [9.17, 15) is 27.5 Å². The molecule has 38 heavy (non-hydrogen) atoms. The number of aliphatic hydroxyl groups is 1. The third-order valence-electron chi connectivity index (χ3n) is 6.49. The maximum absolute atomic E-state index is 14.4. The van der Waals surface area contributed by atoms with Crippen LogP contribution in [-0.2, 0) is 11.1 Å². The summed E-state index contributed by atoms with van der Waals surface area (Å²) in [6.07, 6.45) is -6.77. The Morgan fingerprint density at radius 2 is 1.71 bits per heavy atom. The maximum atomic E-state index is 14.4. The highest BCUT2D eigenvalue weighted by molar-refractivity contribution is 5.96. The van der Waals surface area contributed by atoms with E-state index in [-0.39, 0.29) is 29.0 Å². The molecule has 6 nitrogen and oxygen atoms in total. The van der Waals surface area contributed by atoms with Crippen molar-refractivity contribution in [1.29, 1.82) is 0 Å². The number of halogens is 4. The summed E-state index contributed by atoms with van der Waals surface area (Å²) in [7, 11) is 0. The summed E-state index contributed by atoms with van der Waals surface area (Å²) in [6.45, 7) is 5.36. The summed E-state index contributed by atoms with van der Waals surface area (Å²) in [6, 6.07) is 11.0. The normalized spacial score (nSPS) is 15.2. The third-order valence-corrected chi connectivity index (χ3v) is 6.49.